The minimum atomic E-state index is 0.680. The topological polar surface area (TPSA) is 42.1 Å². The van der Waals surface area contributed by atoms with Crippen LogP contribution >= 0.6 is 0 Å². The Bertz CT molecular complexity index is 297. The molecular weight excluding hydrogens is 198 g/mol. The van der Waals surface area contributed by atoms with Gasteiger partial charge in [-0.2, -0.15) is 0 Å². The summed E-state index contributed by atoms with van der Waals surface area (Å²) in [5.74, 6) is 0. The Kier molecular flexibility index (Phi) is 4.31. The minimum Gasteiger partial charge on any atom is -0.330 e. The predicted octanol–water partition coefficient (Wildman–Crippen LogP) is 1.78. The smallest absolute Gasteiger partial charge is 0.0312 e. The molecule has 1 aliphatic heterocycles. The average Bonchev–Trinajstić information content (AvgIpc) is 2.33. The van der Waals surface area contributed by atoms with Gasteiger partial charge in [-0.05, 0) is 44.0 Å². The van der Waals surface area contributed by atoms with Gasteiger partial charge in [0.25, 0.3) is 0 Å². The minimum absolute atomic E-state index is 0.680. The summed E-state index contributed by atoms with van der Waals surface area (Å²) >= 11 is 0. The number of rotatable bonds is 4. The van der Waals surface area contributed by atoms with Crippen molar-refractivity contribution < 1.29 is 0 Å². The van der Waals surface area contributed by atoms with Crippen molar-refractivity contribution in [3.63, 3.8) is 0 Å². The summed E-state index contributed by atoms with van der Waals surface area (Å²) in [6.45, 7) is 3.03. The number of nitrogens with zero attached hydrogens (tertiary/aromatic N) is 2. The first kappa shape index (κ1) is 11.6. The molecule has 0 aliphatic carbocycles. The van der Waals surface area contributed by atoms with Crippen molar-refractivity contribution in [2.24, 2.45) is 5.73 Å². The van der Waals surface area contributed by atoms with Gasteiger partial charge in [-0.3, -0.25) is 9.88 Å². The van der Waals surface area contributed by atoms with E-state index in [-0.39, 0.29) is 0 Å². The third kappa shape index (κ3) is 3.03. The number of pyridine rings is 1. The van der Waals surface area contributed by atoms with Gasteiger partial charge in [0, 0.05) is 25.0 Å². The van der Waals surface area contributed by atoms with Crippen molar-refractivity contribution >= 4 is 0 Å². The molecule has 2 heterocycles. The summed E-state index contributed by atoms with van der Waals surface area (Å²) in [5.41, 5.74) is 6.99. The van der Waals surface area contributed by atoms with Crippen LogP contribution < -0.4 is 5.73 Å². The van der Waals surface area contributed by atoms with Gasteiger partial charge in [-0.1, -0.05) is 12.5 Å². The molecule has 1 saturated heterocycles. The zero-order valence-electron chi connectivity index (χ0n) is 9.81. The van der Waals surface area contributed by atoms with Crippen LogP contribution in [0.3, 0.4) is 0 Å². The van der Waals surface area contributed by atoms with Crippen LogP contribution in [0.25, 0.3) is 0 Å². The molecule has 1 unspecified atom stereocenters. The maximum Gasteiger partial charge on any atom is 0.0312 e. The van der Waals surface area contributed by atoms with E-state index in [1.54, 1.807) is 0 Å². The molecule has 1 fully saturated rings. The summed E-state index contributed by atoms with van der Waals surface area (Å²) in [4.78, 5) is 6.73. The number of hydrogen-bond donors (Lipinski definition) is 1. The van der Waals surface area contributed by atoms with Crippen LogP contribution in [-0.4, -0.2) is 29.0 Å². The molecule has 3 heteroatoms. The highest BCUT2D eigenvalue weighted by molar-refractivity contribution is 5.08. The molecule has 0 bridgehead atoms. The lowest BCUT2D eigenvalue weighted by Crippen LogP contribution is -2.40. The van der Waals surface area contributed by atoms with Crippen molar-refractivity contribution in [2.45, 2.75) is 38.3 Å². The van der Waals surface area contributed by atoms with E-state index in [2.05, 4.69) is 16.0 Å². The summed E-state index contributed by atoms with van der Waals surface area (Å²) in [5, 5.41) is 0. The van der Waals surface area contributed by atoms with E-state index < -0.39 is 0 Å². The number of likely N-dealkylation sites (tertiary alicyclic amines) is 1. The molecule has 0 radical (unpaired) electrons. The Morgan fingerprint density at radius 1 is 1.44 bits per heavy atom. The molecule has 16 heavy (non-hydrogen) atoms. The van der Waals surface area contributed by atoms with Gasteiger partial charge in [0.2, 0.25) is 0 Å². The molecule has 88 valence electrons. The fourth-order valence-electron chi connectivity index (χ4n) is 2.51. The van der Waals surface area contributed by atoms with E-state index in [0.717, 1.165) is 19.5 Å². The van der Waals surface area contributed by atoms with Gasteiger partial charge < -0.3 is 5.73 Å². The Balaban J connectivity index is 1.96. The zero-order valence-corrected chi connectivity index (χ0v) is 9.81. The molecular formula is C13H21N3. The number of hydrogen-bond acceptors (Lipinski definition) is 3. The lowest BCUT2D eigenvalue weighted by atomic mass is 9.99. The average molecular weight is 219 g/mol. The van der Waals surface area contributed by atoms with Crippen molar-refractivity contribution in [3.8, 4) is 0 Å². The highest BCUT2D eigenvalue weighted by atomic mass is 15.2. The van der Waals surface area contributed by atoms with Gasteiger partial charge in [0.1, 0.15) is 0 Å². The van der Waals surface area contributed by atoms with Gasteiger partial charge in [-0.25, -0.2) is 0 Å². The van der Waals surface area contributed by atoms with E-state index >= 15 is 0 Å². The lowest BCUT2D eigenvalue weighted by Gasteiger charge is -2.35. The van der Waals surface area contributed by atoms with Crippen molar-refractivity contribution in [3.05, 3.63) is 30.1 Å². The second-order valence-corrected chi connectivity index (χ2v) is 4.56. The van der Waals surface area contributed by atoms with Gasteiger partial charge in [-0.15, -0.1) is 0 Å². The lowest BCUT2D eigenvalue weighted by molar-refractivity contribution is 0.134. The standard InChI is InChI=1S/C13H21N3/c14-7-6-13-5-1-2-9-16(13)11-12-4-3-8-15-10-12/h3-4,8,10,13H,1-2,5-7,9,11,14H2. The van der Waals surface area contributed by atoms with Crippen LogP contribution in [0.5, 0.6) is 0 Å². The number of aromatic nitrogens is 1. The van der Waals surface area contributed by atoms with E-state index in [0.29, 0.717) is 6.04 Å². The third-order valence-corrected chi connectivity index (χ3v) is 3.36. The molecule has 2 rings (SSSR count). The molecule has 1 atom stereocenters. The molecule has 0 spiro atoms. The zero-order chi connectivity index (χ0) is 11.2. The Morgan fingerprint density at radius 3 is 3.12 bits per heavy atom. The quantitative estimate of drug-likeness (QED) is 0.839. The molecule has 3 nitrogen and oxygen atoms in total. The molecule has 0 saturated carbocycles. The summed E-state index contributed by atoms with van der Waals surface area (Å²) in [6.07, 6.45) is 8.90. The monoisotopic (exact) mass is 219 g/mol. The Morgan fingerprint density at radius 2 is 2.38 bits per heavy atom. The second kappa shape index (κ2) is 5.97. The maximum atomic E-state index is 5.68. The predicted molar refractivity (Wildman–Crippen MR) is 66.0 cm³/mol. The van der Waals surface area contributed by atoms with Crippen LogP contribution in [0, 0.1) is 0 Å². The largest absolute Gasteiger partial charge is 0.330 e. The van der Waals surface area contributed by atoms with Crippen LogP contribution in [0.1, 0.15) is 31.2 Å². The van der Waals surface area contributed by atoms with Crippen LogP contribution in [0.4, 0.5) is 0 Å². The molecule has 2 N–H and O–H groups in total. The normalized spacial score (nSPS) is 22.2. The maximum absolute atomic E-state index is 5.68. The number of nitrogens with two attached hydrogens (primary N) is 1. The van der Waals surface area contributed by atoms with E-state index in [1.807, 2.05) is 18.5 Å². The third-order valence-electron chi connectivity index (χ3n) is 3.36. The Labute approximate surface area is 97.7 Å². The summed E-state index contributed by atoms with van der Waals surface area (Å²) in [6, 6.07) is 4.84. The van der Waals surface area contributed by atoms with E-state index in [9.17, 15) is 0 Å². The highest BCUT2D eigenvalue weighted by Crippen LogP contribution is 2.21. The van der Waals surface area contributed by atoms with Crippen LogP contribution in [0.15, 0.2) is 24.5 Å². The first-order valence-electron chi connectivity index (χ1n) is 6.23. The van der Waals surface area contributed by atoms with E-state index in [1.165, 1.54) is 31.4 Å². The second-order valence-electron chi connectivity index (χ2n) is 4.56. The SMILES string of the molecule is NCCC1CCCCN1Cc1cccnc1. The van der Waals surface area contributed by atoms with Gasteiger partial charge in [0.15, 0.2) is 0 Å². The number of piperidine rings is 1. The first-order valence-corrected chi connectivity index (χ1v) is 6.23. The molecule has 0 aromatic carbocycles. The van der Waals surface area contributed by atoms with Crippen molar-refractivity contribution in [1.82, 2.24) is 9.88 Å². The fraction of sp³-hybridized carbons (Fsp3) is 0.615. The molecule has 1 aromatic rings. The fourth-order valence-corrected chi connectivity index (χ4v) is 2.51. The summed E-state index contributed by atoms with van der Waals surface area (Å²) < 4.78 is 0. The van der Waals surface area contributed by atoms with Crippen molar-refractivity contribution in [2.75, 3.05) is 13.1 Å². The van der Waals surface area contributed by atoms with Crippen molar-refractivity contribution in [1.29, 1.82) is 0 Å². The first-order chi connectivity index (χ1) is 7.90. The Hall–Kier alpha value is -0.930. The molecule has 1 aliphatic rings. The molecule has 1 aromatic heterocycles. The van der Waals surface area contributed by atoms with Crippen LogP contribution in [0.2, 0.25) is 0 Å². The molecule has 0 amide bonds. The van der Waals surface area contributed by atoms with Gasteiger partial charge in [0.05, 0.1) is 0 Å². The highest BCUT2D eigenvalue weighted by Gasteiger charge is 2.21. The van der Waals surface area contributed by atoms with Gasteiger partial charge >= 0.3 is 0 Å². The van der Waals surface area contributed by atoms with Crippen LogP contribution in [-0.2, 0) is 6.54 Å². The summed E-state index contributed by atoms with van der Waals surface area (Å²) in [7, 11) is 0. The van der Waals surface area contributed by atoms with E-state index in [4.69, 9.17) is 5.73 Å².